The molecule has 1 amide bonds. The lowest BCUT2D eigenvalue weighted by Gasteiger charge is -2.29. The van der Waals surface area contributed by atoms with Gasteiger partial charge in [-0.2, -0.15) is 0 Å². The van der Waals surface area contributed by atoms with E-state index in [4.69, 9.17) is 0 Å². The zero-order valence-corrected chi connectivity index (χ0v) is 16.2. The second kappa shape index (κ2) is 8.35. The third-order valence-electron chi connectivity index (χ3n) is 5.25. The summed E-state index contributed by atoms with van der Waals surface area (Å²) < 4.78 is 24.5. The van der Waals surface area contributed by atoms with Crippen LogP contribution in [0.2, 0.25) is 0 Å². The van der Waals surface area contributed by atoms with Gasteiger partial charge in [0.05, 0.1) is 6.26 Å². The number of anilines is 1. The summed E-state index contributed by atoms with van der Waals surface area (Å²) in [6.07, 6.45) is 7.93. The summed E-state index contributed by atoms with van der Waals surface area (Å²) in [6.45, 7) is 3.43. The lowest BCUT2D eigenvalue weighted by atomic mass is 9.97. The molecule has 0 spiro atoms. The molecular weight excluding hydrogens is 352 g/mol. The fourth-order valence-electron chi connectivity index (χ4n) is 3.61. The first-order valence-corrected chi connectivity index (χ1v) is 11.2. The zero-order valence-electron chi connectivity index (χ0n) is 15.4. The van der Waals surface area contributed by atoms with E-state index in [2.05, 4.69) is 15.2 Å². The number of nitrogens with one attached hydrogen (secondary N) is 1. The molecule has 0 unspecified atom stereocenters. The maximum atomic E-state index is 12.3. The van der Waals surface area contributed by atoms with Gasteiger partial charge in [0.25, 0.3) is 0 Å². The molecule has 8 heteroatoms. The van der Waals surface area contributed by atoms with Crippen LogP contribution >= 0.6 is 0 Å². The van der Waals surface area contributed by atoms with Crippen molar-refractivity contribution in [3.63, 3.8) is 0 Å². The molecule has 2 saturated heterocycles. The summed E-state index contributed by atoms with van der Waals surface area (Å²) >= 11 is 0. The van der Waals surface area contributed by atoms with E-state index in [9.17, 15) is 13.2 Å². The van der Waals surface area contributed by atoms with Crippen molar-refractivity contribution in [2.24, 2.45) is 5.92 Å². The van der Waals surface area contributed by atoms with Crippen LogP contribution in [0.3, 0.4) is 0 Å². The number of amides is 1. The number of hydrogen-bond donors (Lipinski definition) is 1. The van der Waals surface area contributed by atoms with Crippen LogP contribution in [-0.2, 0) is 21.4 Å². The summed E-state index contributed by atoms with van der Waals surface area (Å²) in [6, 6.07) is 4.04. The Hall–Kier alpha value is -1.67. The van der Waals surface area contributed by atoms with E-state index in [1.807, 2.05) is 18.3 Å². The standard InChI is InChI=1S/C18H28N4O3S/c1-26(24,25)22-11-7-16(8-12-22)18(23)20-14-15-5-6-17(19-13-15)21-9-3-2-4-10-21/h5-6,13,16H,2-4,7-12,14H2,1H3,(H,20,23). The molecule has 1 aromatic heterocycles. The van der Waals surface area contributed by atoms with Crippen molar-refractivity contribution >= 4 is 21.7 Å². The third-order valence-corrected chi connectivity index (χ3v) is 6.55. The Morgan fingerprint density at radius 3 is 2.42 bits per heavy atom. The summed E-state index contributed by atoms with van der Waals surface area (Å²) in [7, 11) is -3.15. The maximum Gasteiger partial charge on any atom is 0.223 e. The van der Waals surface area contributed by atoms with Crippen molar-refractivity contribution in [2.45, 2.75) is 38.6 Å². The largest absolute Gasteiger partial charge is 0.357 e. The second-order valence-electron chi connectivity index (χ2n) is 7.23. The summed E-state index contributed by atoms with van der Waals surface area (Å²) in [5.74, 6) is 0.889. The highest BCUT2D eigenvalue weighted by Gasteiger charge is 2.28. The van der Waals surface area contributed by atoms with Crippen LogP contribution in [0.5, 0.6) is 0 Å². The first kappa shape index (κ1) is 19.1. The topological polar surface area (TPSA) is 82.6 Å². The lowest BCUT2D eigenvalue weighted by molar-refractivity contribution is -0.126. The van der Waals surface area contributed by atoms with E-state index in [0.29, 0.717) is 32.5 Å². The minimum Gasteiger partial charge on any atom is -0.357 e. The Bertz CT molecular complexity index is 706. The smallest absolute Gasteiger partial charge is 0.223 e. The maximum absolute atomic E-state index is 12.3. The number of pyridine rings is 1. The fraction of sp³-hybridized carbons (Fsp3) is 0.667. The van der Waals surface area contributed by atoms with Gasteiger partial charge in [0.15, 0.2) is 0 Å². The van der Waals surface area contributed by atoms with E-state index in [0.717, 1.165) is 24.5 Å². The molecule has 0 bridgehead atoms. The Kier molecular flexibility index (Phi) is 6.13. The number of rotatable bonds is 5. The molecule has 26 heavy (non-hydrogen) atoms. The van der Waals surface area contributed by atoms with Crippen molar-refractivity contribution in [1.29, 1.82) is 0 Å². The highest BCUT2D eigenvalue weighted by Crippen LogP contribution is 2.20. The van der Waals surface area contributed by atoms with Gasteiger partial charge in [0.2, 0.25) is 15.9 Å². The van der Waals surface area contributed by atoms with Crippen molar-refractivity contribution in [1.82, 2.24) is 14.6 Å². The number of nitrogens with zero attached hydrogens (tertiary/aromatic N) is 3. The van der Waals surface area contributed by atoms with Gasteiger partial charge in [-0.25, -0.2) is 17.7 Å². The molecule has 2 aliphatic rings. The first-order valence-electron chi connectivity index (χ1n) is 9.36. The van der Waals surface area contributed by atoms with E-state index in [1.165, 1.54) is 29.8 Å². The summed E-state index contributed by atoms with van der Waals surface area (Å²) in [5.41, 5.74) is 0.979. The quantitative estimate of drug-likeness (QED) is 0.834. The molecule has 1 aromatic rings. The average molecular weight is 381 g/mol. The van der Waals surface area contributed by atoms with Crippen LogP contribution in [0.4, 0.5) is 5.82 Å². The number of hydrogen-bond acceptors (Lipinski definition) is 5. The second-order valence-corrected chi connectivity index (χ2v) is 9.21. The number of sulfonamides is 1. The molecule has 1 N–H and O–H groups in total. The summed E-state index contributed by atoms with van der Waals surface area (Å²) in [4.78, 5) is 19.2. The normalized spacial score (nSPS) is 20.1. The predicted molar refractivity (Wildman–Crippen MR) is 101 cm³/mol. The van der Waals surface area contributed by atoms with Crippen LogP contribution in [0.1, 0.15) is 37.7 Å². The number of carbonyl (C=O) groups excluding carboxylic acids is 1. The Balaban J connectivity index is 1.46. The van der Waals surface area contributed by atoms with Gasteiger partial charge in [-0.3, -0.25) is 4.79 Å². The molecule has 0 aliphatic carbocycles. The molecule has 2 fully saturated rings. The number of aromatic nitrogens is 1. The van der Waals surface area contributed by atoms with E-state index in [-0.39, 0.29) is 11.8 Å². The minimum atomic E-state index is -3.15. The molecule has 0 aromatic carbocycles. The van der Waals surface area contributed by atoms with E-state index < -0.39 is 10.0 Å². The molecule has 0 radical (unpaired) electrons. The van der Waals surface area contributed by atoms with Gasteiger partial charge < -0.3 is 10.2 Å². The van der Waals surface area contributed by atoms with Crippen LogP contribution < -0.4 is 10.2 Å². The molecular formula is C18H28N4O3S. The minimum absolute atomic E-state index is 0.00161. The van der Waals surface area contributed by atoms with Gasteiger partial charge >= 0.3 is 0 Å². The highest BCUT2D eigenvalue weighted by molar-refractivity contribution is 7.88. The van der Waals surface area contributed by atoms with Crippen molar-refractivity contribution in [3.05, 3.63) is 23.9 Å². The Morgan fingerprint density at radius 2 is 1.85 bits per heavy atom. The van der Waals surface area contributed by atoms with E-state index in [1.54, 1.807) is 0 Å². The molecule has 144 valence electrons. The molecule has 0 atom stereocenters. The SMILES string of the molecule is CS(=O)(=O)N1CCC(C(=O)NCc2ccc(N3CCCCC3)nc2)CC1. The number of piperidine rings is 2. The van der Waals surface area contributed by atoms with Crippen molar-refractivity contribution < 1.29 is 13.2 Å². The van der Waals surface area contributed by atoms with Crippen molar-refractivity contribution in [3.8, 4) is 0 Å². The molecule has 0 saturated carbocycles. The van der Waals surface area contributed by atoms with Gasteiger partial charge in [0, 0.05) is 44.8 Å². The van der Waals surface area contributed by atoms with Gasteiger partial charge in [0.1, 0.15) is 5.82 Å². The number of carbonyl (C=O) groups is 1. The molecule has 7 nitrogen and oxygen atoms in total. The first-order chi connectivity index (χ1) is 12.4. The Labute approximate surface area is 155 Å². The molecule has 2 aliphatic heterocycles. The van der Waals surface area contributed by atoms with Crippen molar-refractivity contribution in [2.75, 3.05) is 37.3 Å². The monoisotopic (exact) mass is 380 g/mol. The summed E-state index contributed by atoms with van der Waals surface area (Å²) in [5, 5.41) is 2.96. The third kappa shape index (κ3) is 4.94. The van der Waals surface area contributed by atoms with Gasteiger partial charge in [-0.1, -0.05) is 6.07 Å². The zero-order chi connectivity index (χ0) is 18.6. The van der Waals surface area contributed by atoms with Gasteiger partial charge in [-0.05, 0) is 43.7 Å². The average Bonchev–Trinajstić information content (AvgIpc) is 2.66. The molecule has 3 heterocycles. The van der Waals surface area contributed by atoms with Crippen LogP contribution in [0, 0.1) is 5.92 Å². The highest BCUT2D eigenvalue weighted by atomic mass is 32.2. The van der Waals surface area contributed by atoms with Crippen LogP contribution in [0.15, 0.2) is 18.3 Å². The van der Waals surface area contributed by atoms with Crippen LogP contribution in [-0.4, -0.2) is 56.0 Å². The fourth-order valence-corrected chi connectivity index (χ4v) is 4.49. The Morgan fingerprint density at radius 1 is 1.15 bits per heavy atom. The lowest BCUT2D eigenvalue weighted by Crippen LogP contribution is -2.42. The predicted octanol–water partition coefficient (Wildman–Crippen LogP) is 1.36. The van der Waals surface area contributed by atoms with E-state index >= 15 is 0 Å². The van der Waals surface area contributed by atoms with Crippen LogP contribution in [0.25, 0.3) is 0 Å². The molecule has 3 rings (SSSR count). The van der Waals surface area contributed by atoms with Gasteiger partial charge in [-0.15, -0.1) is 0 Å².